The van der Waals surface area contributed by atoms with Gasteiger partial charge in [0.2, 0.25) is 0 Å². The van der Waals surface area contributed by atoms with Crippen molar-refractivity contribution in [1.29, 1.82) is 0 Å². The average Bonchev–Trinajstić information content (AvgIpc) is 2.38. The summed E-state index contributed by atoms with van der Waals surface area (Å²) in [7, 11) is 3.31. The summed E-state index contributed by atoms with van der Waals surface area (Å²) < 4.78 is 10.2. The van der Waals surface area contributed by atoms with Gasteiger partial charge in [0.25, 0.3) is 0 Å². The quantitative estimate of drug-likeness (QED) is 0.595. The molecule has 5 nitrogen and oxygen atoms in total. The minimum atomic E-state index is 0.0552. The Morgan fingerprint density at radius 2 is 2.11 bits per heavy atom. The Bertz CT molecular complexity index is 394. The van der Waals surface area contributed by atoms with Gasteiger partial charge in [0.15, 0.2) is 5.96 Å². The third kappa shape index (κ3) is 4.73. The van der Waals surface area contributed by atoms with Crippen molar-refractivity contribution in [2.24, 2.45) is 10.7 Å². The van der Waals surface area contributed by atoms with Gasteiger partial charge in [-0.25, -0.2) is 0 Å². The zero-order chi connectivity index (χ0) is 13.4. The molecule has 18 heavy (non-hydrogen) atoms. The van der Waals surface area contributed by atoms with Gasteiger partial charge in [-0.15, -0.1) is 0 Å². The Kier molecular flexibility index (Phi) is 6.18. The summed E-state index contributed by atoms with van der Waals surface area (Å²) in [5, 5.41) is 3.07. The van der Waals surface area contributed by atoms with Crippen LogP contribution in [0.15, 0.2) is 29.3 Å². The topological polar surface area (TPSA) is 68.9 Å². The van der Waals surface area contributed by atoms with Crippen LogP contribution >= 0.6 is 0 Å². The summed E-state index contributed by atoms with van der Waals surface area (Å²) in [4.78, 5) is 4.21. The van der Waals surface area contributed by atoms with Crippen molar-refractivity contribution >= 4 is 11.6 Å². The number of nitrogens with two attached hydrogens (primary N) is 1. The summed E-state index contributed by atoms with van der Waals surface area (Å²) in [6.45, 7) is 3.00. The number of hydrogen-bond acceptors (Lipinski definition) is 3. The van der Waals surface area contributed by atoms with Gasteiger partial charge in [-0.05, 0) is 13.0 Å². The molecule has 1 aromatic rings. The van der Waals surface area contributed by atoms with Gasteiger partial charge < -0.3 is 20.5 Å². The van der Waals surface area contributed by atoms with Gasteiger partial charge in [0, 0.05) is 25.5 Å². The van der Waals surface area contributed by atoms with E-state index in [2.05, 4.69) is 10.3 Å². The normalized spacial score (nSPS) is 13.4. The van der Waals surface area contributed by atoms with E-state index >= 15 is 0 Å². The second-order valence-corrected chi connectivity index (χ2v) is 3.99. The number of para-hydroxylation sites is 1. The van der Waals surface area contributed by atoms with E-state index in [-0.39, 0.29) is 6.10 Å². The molecule has 0 aliphatic carbocycles. The van der Waals surface area contributed by atoms with Gasteiger partial charge in [-0.1, -0.05) is 18.2 Å². The summed E-state index contributed by atoms with van der Waals surface area (Å²) in [5.74, 6) is 0.377. The number of nitrogens with one attached hydrogen (secondary N) is 1. The number of methoxy groups -OCH3 is 2. The highest BCUT2D eigenvalue weighted by atomic mass is 16.5. The van der Waals surface area contributed by atoms with E-state index in [0.717, 1.165) is 11.3 Å². The van der Waals surface area contributed by atoms with Gasteiger partial charge in [0.05, 0.1) is 19.3 Å². The van der Waals surface area contributed by atoms with E-state index in [9.17, 15) is 0 Å². The van der Waals surface area contributed by atoms with Gasteiger partial charge >= 0.3 is 0 Å². The molecule has 0 unspecified atom stereocenters. The minimum Gasteiger partial charge on any atom is -0.380 e. The molecule has 0 saturated carbocycles. The number of guanidine groups is 1. The van der Waals surface area contributed by atoms with Crippen molar-refractivity contribution in [3.05, 3.63) is 29.8 Å². The third-order valence-corrected chi connectivity index (χ3v) is 2.50. The molecule has 0 radical (unpaired) electrons. The lowest BCUT2D eigenvalue weighted by Crippen LogP contribution is -2.25. The van der Waals surface area contributed by atoms with Crippen molar-refractivity contribution < 1.29 is 9.47 Å². The zero-order valence-electron chi connectivity index (χ0n) is 11.1. The van der Waals surface area contributed by atoms with E-state index < -0.39 is 0 Å². The van der Waals surface area contributed by atoms with Crippen molar-refractivity contribution in [3.63, 3.8) is 0 Å². The fourth-order valence-electron chi connectivity index (χ4n) is 1.40. The van der Waals surface area contributed by atoms with Crippen LogP contribution < -0.4 is 11.1 Å². The summed E-state index contributed by atoms with van der Waals surface area (Å²) in [5.41, 5.74) is 7.76. The Morgan fingerprint density at radius 1 is 1.39 bits per heavy atom. The van der Waals surface area contributed by atoms with Crippen LogP contribution in [0.2, 0.25) is 0 Å². The van der Waals surface area contributed by atoms with Gasteiger partial charge in [-0.3, -0.25) is 4.99 Å². The van der Waals surface area contributed by atoms with E-state index in [1.54, 1.807) is 14.2 Å². The number of hydrogen-bond donors (Lipinski definition) is 2. The largest absolute Gasteiger partial charge is 0.380 e. The summed E-state index contributed by atoms with van der Waals surface area (Å²) >= 11 is 0. The van der Waals surface area contributed by atoms with E-state index in [1.807, 2.05) is 31.2 Å². The van der Waals surface area contributed by atoms with Crippen LogP contribution in [0.3, 0.4) is 0 Å². The highest BCUT2D eigenvalue weighted by molar-refractivity contribution is 5.92. The lowest BCUT2D eigenvalue weighted by Gasteiger charge is -2.11. The third-order valence-electron chi connectivity index (χ3n) is 2.50. The SMILES string of the molecule is COCc1ccccc1NC(N)=NC[C@@H](C)OC. The molecule has 0 aromatic heterocycles. The van der Waals surface area contributed by atoms with E-state index in [1.165, 1.54) is 0 Å². The maximum absolute atomic E-state index is 5.82. The van der Waals surface area contributed by atoms with Crippen molar-refractivity contribution in [2.75, 3.05) is 26.1 Å². The van der Waals surface area contributed by atoms with E-state index in [4.69, 9.17) is 15.2 Å². The number of ether oxygens (including phenoxy) is 2. The van der Waals surface area contributed by atoms with Crippen LogP contribution in [0.25, 0.3) is 0 Å². The number of nitrogens with zero attached hydrogens (tertiary/aromatic N) is 1. The first-order valence-corrected chi connectivity index (χ1v) is 5.84. The average molecular weight is 251 g/mol. The van der Waals surface area contributed by atoms with Crippen LogP contribution in [0, 0.1) is 0 Å². The summed E-state index contributed by atoms with van der Waals surface area (Å²) in [6, 6.07) is 7.82. The molecule has 0 amide bonds. The smallest absolute Gasteiger partial charge is 0.193 e. The highest BCUT2D eigenvalue weighted by Gasteiger charge is 2.03. The van der Waals surface area contributed by atoms with Gasteiger partial charge in [0.1, 0.15) is 0 Å². The molecule has 100 valence electrons. The molecule has 0 saturated heterocycles. The van der Waals surface area contributed by atoms with Crippen LogP contribution in [0.1, 0.15) is 12.5 Å². The van der Waals surface area contributed by atoms with Crippen LogP contribution in [0.4, 0.5) is 5.69 Å². The molecule has 0 bridgehead atoms. The molecule has 3 N–H and O–H groups in total. The molecule has 1 atom stereocenters. The number of rotatable bonds is 6. The van der Waals surface area contributed by atoms with Crippen LogP contribution in [0.5, 0.6) is 0 Å². The number of aliphatic imine (C=N–C) groups is 1. The van der Waals surface area contributed by atoms with Crippen molar-refractivity contribution in [1.82, 2.24) is 0 Å². The predicted molar refractivity (Wildman–Crippen MR) is 73.7 cm³/mol. The van der Waals surface area contributed by atoms with Crippen molar-refractivity contribution in [2.45, 2.75) is 19.6 Å². The fourth-order valence-corrected chi connectivity index (χ4v) is 1.40. The maximum Gasteiger partial charge on any atom is 0.193 e. The molecule has 0 fully saturated rings. The first kappa shape index (κ1) is 14.5. The molecule has 0 aliphatic rings. The predicted octanol–water partition coefficient (Wildman–Crippen LogP) is 1.59. The second-order valence-electron chi connectivity index (χ2n) is 3.99. The Morgan fingerprint density at radius 3 is 2.78 bits per heavy atom. The molecular weight excluding hydrogens is 230 g/mol. The maximum atomic E-state index is 5.82. The number of anilines is 1. The molecule has 5 heteroatoms. The Labute approximate surface area is 108 Å². The lowest BCUT2D eigenvalue weighted by molar-refractivity contribution is 0.125. The first-order valence-electron chi connectivity index (χ1n) is 5.84. The van der Waals surface area contributed by atoms with E-state index in [0.29, 0.717) is 19.1 Å². The second kappa shape index (κ2) is 7.68. The van der Waals surface area contributed by atoms with Gasteiger partial charge in [-0.2, -0.15) is 0 Å². The fraction of sp³-hybridized carbons (Fsp3) is 0.462. The zero-order valence-corrected chi connectivity index (χ0v) is 11.1. The molecule has 0 aliphatic heterocycles. The minimum absolute atomic E-state index is 0.0552. The molecule has 0 spiro atoms. The standard InChI is InChI=1S/C13H21N3O2/c1-10(18-3)8-15-13(14)16-12-7-5-4-6-11(12)9-17-2/h4-7,10H,8-9H2,1-3H3,(H3,14,15,16)/t10-/m1/s1. The molecular formula is C13H21N3O2. The van der Waals surface area contributed by atoms with Crippen LogP contribution in [-0.2, 0) is 16.1 Å². The van der Waals surface area contributed by atoms with Crippen molar-refractivity contribution in [3.8, 4) is 0 Å². The van der Waals surface area contributed by atoms with Crippen LogP contribution in [-0.4, -0.2) is 32.8 Å². The lowest BCUT2D eigenvalue weighted by atomic mass is 10.2. The monoisotopic (exact) mass is 251 g/mol. The first-order chi connectivity index (χ1) is 8.67. The summed E-state index contributed by atoms with van der Waals surface area (Å²) in [6.07, 6.45) is 0.0552. The Balaban J connectivity index is 2.66. The highest BCUT2D eigenvalue weighted by Crippen LogP contribution is 2.15. The molecule has 1 aromatic carbocycles. The number of benzene rings is 1. The molecule has 0 heterocycles. The molecule has 1 rings (SSSR count). The Hall–Kier alpha value is -1.59.